The molecule has 0 saturated heterocycles. The minimum absolute atomic E-state index is 0.394. The van der Waals surface area contributed by atoms with Gasteiger partial charge in [0.15, 0.2) is 0 Å². The molecule has 2 N–H and O–H groups in total. The predicted octanol–water partition coefficient (Wildman–Crippen LogP) is 6.50. The minimum Gasteiger partial charge on any atom is -0.455 e. The number of rotatable bonds is 3. The number of furan rings is 1. The summed E-state index contributed by atoms with van der Waals surface area (Å²) in [6, 6.07) is 33.2. The van der Waals surface area contributed by atoms with Gasteiger partial charge in [-0.05, 0) is 35.4 Å². The number of para-hydroxylation sites is 2. The standard InChI is InChI=1S/C16H10N2O.C13H11NO/c1-2-7-15-11(4-1)12-5-3-6-13(16(12)19-15)14-8-9-17-10-18-14;14-13(15)12-9-5-4-8-11(12)10-6-2-1-3-7-10/h1-10H;1-9H,(H2,14,15). The molecule has 0 bridgehead atoms. The molecule has 0 radical (unpaired) electrons. The van der Waals surface area contributed by atoms with Crippen molar-refractivity contribution >= 4 is 27.8 Å². The van der Waals surface area contributed by atoms with Gasteiger partial charge in [0.1, 0.15) is 17.5 Å². The molecule has 0 atom stereocenters. The van der Waals surface area contributed by atoms with E-state index in [9.17, 15) is 4.79 Å². The molecule has 2 heterocycles. The number of amides is 1. The van der Waals surface area contributed by atoms with Gasteiger partial charge in [0.2, 0.25) is 5.91 Å². The summed E-state index contributed by atoms with van der Waals surface area (Å²) in [4.78, 5) is 19.5. The highest BCUT2D eigenvalue weighted by Crippen LogP contribution is 2.34. The molecule has 34 heavy (non-hydrogen) atoms. The van der Waals surface area contributed by atoms with Crippen molar-refractivity contribution in [2.45, 2.75) is 0 Å². The van der Waals surface area contributed by atoms with E-state index in [2.05, 4.69) is 22.1 Å². The summed E-state index contributed by atoms with van der Waals surface area (Å²) in [5, 5.41) is 2.25. The first-order valence-electron chi connectivity index (χ1n) is 10.8. The molecule has 5 heteroatoms. The number of aromatic nitrogens is 2. The normalized spacial score (nSPS) is 10.6. The molecular formula is C29H21N3O2. The second-order valence-corrected chi connectivity index (χ2v) is 7.65. The van der Waals surface area contributed by atoms with Crippen LogP contribution in [0.25, 0.3) is 44.3 Å². The molecule has 0 fully saturated rings. The maximum atomic E-state index is 11.2. The molecule has 6 rings (SSSR count). The fourth-order valence-electron chi connectivity index (χ4n) is 3.97. The molecule has 4 aromatic carbocycles. The van der Waals surface area contributed by atoms with Crippen LogP contribution in [0.5, 0.6) is 0 Å². The van der Waals surface area contributed by atoms with E-state index in [0.717, 1.165) is 44.3 Å². The van der Waals surface area contributed by atoms with Gasteiger partial charge >= 0.3 is 0 Å². The third-order valence-electron chi connectivity index (χ3n) is 5.54. The van der Waals surface area contributed by atoms with Crippen LogP contribution in [0.1, 0.15) is 10.4 Å². The Morgan fingerprint density at radius 3 is 2.21 bits per heavy atom. The fraction of sp³-hybridized carbons (Fsp3) is 0. The van der Waals surface area contributed by atoms with Crippen LogP contribution in [0.4, 0.5) is 0 Å². The van der Waals surface area contributed by atoms with Gasteiger partial charge in [-0.3, -0.25) is 4.79 Å². The summed E-state index contributed by atoms with van der Waals surface area (Å²) in [6.45, 7) is 0. The molecule has 5 nitrogen and oxygen atoms in total. The Balaban J connectivity index is 0.000000146. The van der Waals surface area contributed by atoms with E-state index in [1.165, 1.54) is 0 Å². The van der Waals surface area contributed by atoms with Crippen LogP contribution in [0.15, 0.2) is 120 Å². The SMILES string of the molecule is NC(=O)c1ccccc1-c1ccccc1.c1ccc2c(c1)oc1c(-c3ccncn3)cccc12. The van der Waals surface area contributed by atoms with Gasteiger partial charge < -0.3 is 10.2 Å². The Kier molecular flexibility index (Phi) is 5.82. The van der Waals surface area contributed by atoms with Gasteiger partial charge in [0.05, 0.1) is 5.69 Å². The van der Waals surface area contributed by atoms with Crippen LogP contribution in [0.3, 0.4) is 0 Å². The lowest BCUT2D eigenvalue weighted by atomic mass is 9.99. The van der Waals surface area contributed by atoms with E-state index >= 15 is 0 Å². The van der Waals surface area contributed by atoms with E-state index in [1.807, 2.05) is 84.9 Å². The summed E-state index contributed by atoms with van der Waals surface area (Å²) in [5.74, 6) is -0.394. The van der Waals surface area contributed by atoms with E-state index in [-0.39, 0.29) is 0 Å². The Bertz CT molecular complexity index is 1580. The molecule has 0 spiro atoms. The van der Waals surface area contributed by atoms with E-state index in [0.29, 0.717) is 5.56 Å². The lowest BCUT2D eigenvalue weighted by Crippen LogP contribution is -2.12. The fourth-order valence-corrected chi connectivity index (χ4v) is 3.97. The highest BCUT2D eigenvalue weighted by molar-refractivity contribution is 6.09. The third kappa shape index (κ3) is 4.14. The zero-order chi connectivity index (χ0) is 23.3. The Morgan fingerprint density at radius 1 is 0.706 bits per heavy atom. The first-order valence-corrected chi connectivity index (χ1v) is 10.8. The second kappa shape index (κ2) is 9.38. The lowest BCUT2D eigenvalue weighted by Gasteiger charge is -2.05. The highest BCUT2D eigenvalue weighted by Gasteiger charge is 2.12. The number of nitrogens with two attached hydrogens (primary N) is 1. The Morgan fingerprint density at radius 2 is 1.41 bits per heavy atom. The molecule has 0 aliphatic carbocycles. The predicted molar refractivity (Wildman–Crippen MR) is 135 cm³/mol. The number of carbonyl (C=O) groups excluding carboxylic acids is 1. The van der Waals surface area contributed by atoms with Gasteiger partial charge in [-0.15, -0.1) is 0 Å². The summed E-state index contributed by atoms with van der Waals surface area (Å²) >= 11 is 0. The van der Waals surface area contributed by atoms with Gasteiger partial charge in [-0.1, -0.05) is 78.9 Å². The van der Waals surface area contributed by atoms with Crippen LogP contribution in [-0.4, -0.2) is 15.9 Å². The molecule has 0 aliphatic heterocycles. The van der Waals surface area contributed by atoms with Crippen molar-refractivity contribution < 1.29 is 9.21 Å². The zero-order valence-electron chi connectivity index (χ0n) is 18.3. The van der Waals surface area contributed by atoms with Crippen molar-refractivity contribution in [2.24, 2.45) is 5.73 Å². The first-order chi connectivity index (χ1) is 16.7. The molecule has 2 aromatic heterocycles. The first kappa shape index (κ1) is 21.1. The number of primary amides is 1. The lowest BCUT2D eigenvalue weighted by molar-refractivity contribution is 0.100. The van der Waals surface area contributed by atoms with Crippen molar-refractivity contribution in [1.29, 1.82) is 0 Å². The number of hydrogen-bond donors (Lipinski definition) is 1. The van der Waals surface area contributed by atoms with E-state index < -0.39 is 5.91 Å². The van der Waals surface area contributed by atoms with Gasteiger partial charge in [0, 0.05) is 28.1 Å². The van der Waals surface area contributed by atoms with E-state index in [4.69, 9.17) is 10.2 Å². The molecule has 6 aromatic rings. The minimum atomic E-state index is -0.394. The van der Waals surface area contributed by atoms with Gasteiger partial charge in [-0.25, -0.2) is 9.97 Å². The summed E-state index contributed by atoms with van der Waals surface area (Å²) in [7, 11) is 0. The molecule has 1 amide bonds. The number of hydrogen-bond acceptors (Lipinski definition) is 4. The smallest absolute Gasteiger partial charge is 0.249 e. The van der Waals surface area contributed by atoms with Crippen LogP contribution in [0.2, 0.25) is 0 Å². The average molecular weight is 444 g/mol. The largest absolute Gasteiger partial charge is 0.455 e. The number of benzene rings is 4. The second-order valence-electron chi connectivity index (χ2n) is 7.65. The molecule has 0 unspecified atom stereocenters. The maximum Gasteiger partial charge on any atom is 0.249 e. The van der Waals surface area contributed by atoms with Crippen molar-refractivity contribution in [2.75, 3.05) is 0 Å². The van der Waals surface area contributed by atoms with Gasteiger partial charge in [0.25, 0.3) is 0 Å². The van der Waals surface area contributed by atoms with Crippen molar-refractivity contribution in [3.8, 4) is 22.4 Å². The number of carbonyl (C=O) groups is 1. The average Bonchev–Trinajstić information content (AvgIpc) is 3.29. The monoisotopic (exact) mass is 443 g/mol. The molecular weight excluding hydrogens is 422 g/mol. The van der Waals surface area contributed by atoms with Crippen LogP contribution in [0, 0.1) is 0 Å². The van der Waals surface area contributed by atoms with Crippen molar-refractivity contribution in [1.82, 2.24) is 9.97 Å². The summed E-state index contributed by atoms with van der Waals surface area (Å²) < 4.78 is 5.98. The third-order valence-corrected chi connectivity index (χ3v) is 5.54. The topological polar surface area (TPSA) is 82.0 Å². The highest BCUT2D eigenvalue weighted by atomic mass is 16.3. The zero-order valence-corrected chi connectivity index (χ0v) is 18.3. The van der Waals surface area contributed by atoms with E-state index in [1.54, 1.807) is 18.6 Å². The van der Waals surface area contributed by atoms with Crippen LogP contribution >= 0.6 is 0 Å². The van der Waals surface area contributed by atoms with Gasteiger partial charge in [-0.2, -0.15) is 0 Å². The number of nitrogens with zero attached hydrogens (tertiary/aromatic N) is 2. The van der Waals surface area contributed by atoms with Crippen LogP contribution in [-0.2, 0) is 0 Å². The maximum absolute atomic E-state index is 11.2. The quantitative estimate of drug-likeness (QED) is 0.339. The molecule has 164 valence electrons. The van der Waals surface area contributed by atoms with Crippen LogP contribution < -0.4 is 5.73 Å². The molecule has 0 saturated carbocycles. The van der Waals surface area contributed by atoms with Crippen molar-refractivity contribution in [3.05, 3.63) is 121 Å². The Hall–Kier alpha value is -4.77. The molecule has 0 aliphatic rings. The van der Waals surface area contributed by atoms with Crippen molar-refractivity contribution in [3.63, 3.8) is 0 Å². The number of fused-ring (bicyclic) bond motifs is 3. The Labute approximate surface area is 196 Å². The summed E-state index contributed by atoms with van der Waals surface area (Å²) in [6.07, 6.45) is 3.29. The summed E-state index contributed by atoms with van der Waals surface area (Å²) in [5.41, 5.74) is 11.4.